The average molecular weight is 322 g/mol. The van der Waals surface area contributed by atoms with E-state index >= 15 is 0 Å². The molecule has 6 heteroatoms. The fourth-order valence-electron chi connectivity index (χ4n) is 1.54. The number of aryl methyl sites for hydroxylation is 1. The minimum absolute atomic E-state index is 0.113. The van der Waals surface area contributed by atoms with Gasteiger partial charge >= 0.3 is 0 Å². The van der Waals surface area contributed by atoms with Crippen molar-refractivity contribution in [2.75, 3.05) is 11.1 Å². The highest BCUT2D eigenvalue weighted by molar-refractivity contribution is 9.10. The smallest absolute Gasteiger partial charge is 0.255 e. The summed E-state index contributed by atoms with van der Waals surface area (Å²) in [7, 11) is 0. The Morgan fingerprint density at radius 3 is 2.74 bits per heavy atom. The molecular weight excluding hydrogens is 310 g/mol. The third-order valence-corrected chi connectivity index (χ3v) is 3.03. The van der Waals surface area contributed by atoms with Gasteiger partial charge in [0.15, 0.2) is 0 Å². The molecule has 2 aromatic rings. The second-order valence-electron chi connectivity index (χ2n) is 3.99. The lowest BCUT2D eigenvalue weighted by atomic mass is 10.1. The van der Waals surface area contributed by atoms with E-state index in [1.165, 1.54) is 12.1 Å². The van der Waals surface area contributed by atoms with Crippen molar-refractivity contribution in [2.45, 2.75) is 6.92 Å². The number of carbonyl (C=O) groups is 1. The van der Waals surface area contributed by atoms with Crippen molar-refractivity contribution >= 4 is 33.2 Å². The molecule has 0 aliphatic rings. The third-order valence-electron chi connectivity index (χ3n) is 2.59. The zero-order chi connectivity index (χ0) is 14.0. The van der Waals surface area contributed by atoms with Crippen LogP contribution in [0.4, 0.5) is 11.4 Å². The lowest BCUT2D eigenvalue weighted by molar-refractivity contribution is 0.102. The molecule has 0 radical (unpaired) electrons. The number of rotatable bonds is 2. The van der Waals surface area contributed by atoms with Gasteiger partial charge in [-0.15, -0.1) is 0 Å². The number of aromatic nitrogens is 1. The number of hydrogen-bond acceptors (Lipinski definition) is 4. The number of anilines is 2. The minimum Gasteiger partial charge on any atom is -0.506 e. The monoisotopic (exact) mass is 321 g/mol. The molecule has 0 saturated heterocycles. The van der Waals surface area contributed by atoms with Crippen LogP contribution in [-0.2, 0) is 0 Å². The molecule has 19 heavy (non-hydrogen) atoms. The van der Waals surface area contributed by atoms with Crippen molar-refractivity contribution < 1.29 is 9.90 Å². The van der Waals surface area contributed by atoms with E-state index in [9.17, 15) is 9.90 Å². The van der Waals surface area contributed by atoms with Crippen LogP contribution >= 0.6 is 15.9 Å². The predicted molar refractivity (Wildman–Crippen MR) is 77.1 cm³/mol. The van der Waals surface area contributed by atoms with E-state index in [1.54, 1.807) is 25.1 Å². The van der Waals surface area contributed by atoms with Crippen molar-refractivity contribution in [1.82, 2.24) is 4.98 Å². The normalized spacial score (nSPS) is 10.2. The lowest BCUT2D eigenvalue weighted by Gasteiger charge is -2.08. The molecule has 1 amide bonds. The number of nitrogens with two attached hydrogens (primary N) is 1. The Kier molecular flexibility index (Phi) is 3.71. The molecule has 1 heterocycles. The van der Waals surface area contributed by atoms with Crippen LogP contribution in [0.2, 0.25) is 0 Å². The van der Waals surface area contributed by atoms with E-state index in [2.05, 4.69) is 26.2 Å². The predicted octanol–water partition coefficient (Wildman–Crippen LogP) is 2.69. The van der Waals surface area contributed by atoms with Crippen LogP contribution in [0.5, 0.6) is 5.75 Å². The quantitative estimate of drug-likeness (QED) is 0.451. The first kappa shape index (κ1) is 13.4. The molecule has 1 aromatic carbocycles. The van der Waals surface area contributed by atoms with E-state index in [0.29, 0.717) is 21.5 Å². The number of pyridine rings is 1. The molecule has 0 saturated carbocycles. The molecule has 98 valence electrons. The van der Waals surface area contributed by atoms with Crippen molar-refractivity contribution in [3.05, 3.63) is 46.2 Å². The molecule has 0 bridgehead atoms. The molecule has 0 unspecified atom stereocenters. The highest BCUT2D eigenvalue weighted by Gasteiger charge is 2.10. The molecule has 2 rings (SSSR count). The van der Waals surface area contributed by atoms with Crippen molar-refractivity contribution in [3.63, 3.8) is 0 Å². The molecule has 4 N–H and O–H groups in total. The number of halogens is 1. The minimum atomic E-state index is -0.331. The maximum absolute atomic E-state index is 12.0. The first-order valence-electron chi connectivity index (χ1n) is 5.50. The Balaban J connectivity index is 2.23. The average Bonchev–Trinajstić information content (AvgIpc) is 2.36. The summed E-state index contributed by atoms with van der Waals surface area (Å²) in [6, 6.07) is 7.85. The number of nitrogens with zero attached hydrogens (tertiary/aromatic N) is 1. The molecule has 0 aliphatic carbocycles. The highest BCUT2D eigenvalue weighted by atomic mass is 79.9. The number of nitrogens with one attached hydrogen (secondary N) is 1. The van der Waals surface area contributed by atoms with E-state index < -0.39 is 0 Å². The number of carbonyl (C=O) groups excluding carboxylic acids is 1. The van der Waals surface area contributed by atoms with E-state index in [-0.39, 0.29) is 17.3 Å². The Labute approximate surface area is 118 Å². The number of phenolic OH excluding ortho intramolecular Hbond substituents is 1. The number of hydrogen-bond donors (Lipinski definition) is 3. The lowest BCUT2D eigenvalue weighted by Crippen LogP contribution is -2.13. The summed E-state index contributed by atoms with van der Waals surface area (Å²) in [5.41, 5.74) is 7.36. The Bertz CT molecular complexity index is 644. The summed E-state index contributed by atoms with van der Waals surface area (Å²) in [6.07, 6.45) is 0. The van der Waals surface area contributed by atoms with Crippen molar-refractivity contribution in [1.29, 1.82) is 0 Å². The number of phenols is 1. The zero-order valence-corrected chi connectivity index (χ0v) is 11.7. The summed E-state index contributed by atoms with van der Waals surface area (Å²) in [5, 5.41) is 12.2. The van der Waals surface area contributed by atoms with Gasteiger partial charge in [0.25, 0.3) is 5.91 Å². The van der Waals surface area contributed by atoms with Gasteiger partial charge in [0, 0.05) is 5.56 Å². The van der Waals surface area contributed by atoms with Crippen LogP contribution in [-0.4, -0.2) is 16.0 Å². The topological polar surface area (TPSA) is 88.2 Å². The Morgan fingerprint density at radius 1 is 1.37 bits per heavy atom. The fraction of sp³-hybridized carbons (Fsp3) is 0.0769. The standard InChI is InChI=1S/C13H12BrN3O2/c1-7-10(4-5-12(14)16-7)17-13(19)8-2-3-9(15)11(18)6-8/h2-6,18H,15H2,1H3,(H,17,19). The SMILES string of the molecule is Cc1nc(Br)ccc1NC(=O)c1ccc(N)c(O)c1. The Hall–Kier alpha value is -2.08. The van der Waals surface area contributed by atoms with Crippen LogP contribution in [0, 0.1) is 6.92 Å². The summed E-state index contributed by atoms with van der Waals surface area (Å²) in [5.74, 6) is -0.444. The molecule has 1 aromatic heterocycles. The van der Waals surface area contributed by atoms with Crippen LogP contribution in [0.25, 0.3) is 0 Å². The molecular formula is C13H12BrN3O2. The molecule has 0 spiro atoms. The van der Waals surface area contributed by atoms with Crippen LogP contribution in [0.3, 0.4) is 0 Å². The molecule has 0 fully saturated rings. The Morgan fingerprint density at radius 2 is 2.11 bits per heavy atom. The van der Waals surface area contributed by atoms with Gasteiger partial charge in [0.1, 0.15) is 10.4 Å². The van der Waals surface area contributed by atoms with Crippen LogP contribution in [0.15, 0.2) is 34.9 Å². The van der Waals surface area contributed by atoms with Gasteiger partial charge in [-0.1, -0.05) is 0 Å². The van der Waals surface area contributed by atoms with Crippen molar-refractivity contribution in [2.24, 2.45) is 0 Å². The van der Waals surface area contributed by atoms with E-state index in [0.717, 1.165) is 0 Å². The summed E-state index contributed by atoms with van der Waals surface area (Å²) >= 11 is 3.25. The molecule has 0 aliphatic heterocycles. The van der Waals surface area contributed by atoms with Gasteiger partial charge in [-0.25, -0.2) is 4.98 Å². The summed E-state index contributed by atoms with van der Waals surface area (Å²) in [4.78, 5) is 16.2. The number of nitrogen functional groups attached to an aromatic ring is 1. The second-order valence-corrected chi connectivity index (χ2v) is 4.81. The first-order chi connectivity index (χ1) is 8.97. The summed E-state index contributed by atoms with van der Waals surface area (Å²) in [6.45, 7) is 1.79. The number of amides is 1. The maximum atomic E-state index is 12.0. The first-order valence-corrected chi connectivity index (χ1v) is 6.29. The second kappa shape index (κ2) is 5.27. The fourth-order valence-corrected chi connectivity index (χ4v) is 1.94. The number of aromatic hydroxyl groups is 1. The van der Waals surface area contributed by atoms with Gasteiger partial charge < -0.3 is 16.2 Å². The number of benzene rings is 1. The largest absolute Gasteiger partial charge is 0.506 e. The van der Waals surface area contributed by atoms with Gasteiger partial charge in [0.05, 0.1) is 17.1 Å². The maximum Gasteiger partial charge on any atom is 0.255 e. The van der Waals surface area contributed by atoms with Gasteiger partial charge in [-0.3, -0.25) is 4.79 Å². The van der Waals surface area contributed by atoms with E-state index in [1.807, 2.05) is 0 Å². The van der Waals surface area contributed by atoms with Crippen LogP contribution in [0.1, 0.15) is 16.1 Å². The van der Waals surface area contributed by atoms with Crippen LogP contribution < -0.4 is 11.1 Å². The van der Waals surface area contributed by atoms with E-state index in [4.69, 9.17) is 5.73 Å². The third kappa shape index (κ3) is 3.03. The highest BCUT2D eigenvalue weighted by Crippen LogP contribution is 2.22. The van der Waals surface area contributed by atoms with Gasteiger partial charge in [-0.05, 0) is 53.2 Å². The molecule has 5 nitrogen and oxygen atoms in total. The summed E-state index contributed by atoms with van der Waals surface area (Å²) < 4.78 is 0.702. The van der Waals surface area contributed by atoms with Crippen molar-refractivity contribution in [3.8, 4) is 5.75 Å². The van der Waals surface area contributed by atoms with Gasteiger partial charge in [0.2, 0.25) is 0 Å². The molecule has 0 atom stereocenters. The zero-order valence-electron chi connectivity index (χ0n) is 10.1. The van der Waals surface area contributed by atoms with Gasteiger partial charge in [-0.2, -0.15) is 0 Å².